The van der Waals surface area contributed by atoms with Crippen molar-refractivity contribution in [1.82, 2.24) is 5.32 Å². The summed E-state index contributed by atoms with van der Waals surface area (Å²) < 4.78 is 5.33. The largest absolute Gasteiger partial charge is 0.380 e. The van der Waals surface area contributed by atoms with E-state index in [1.54, 1.807) is 0 Å². The third-order valence-corrected chi connectivity index (χ3v) is 3.29. The van der Waals surface area contributed by atoms with Gasteiger partial charge in [-0.15, -0.1) is 0 Å². The Balaban J connectivity index is 2.13. The summed E-state index contributed by atoms with van der Waals surface area (Å²) in [7, 11) is 0. The highest BCUT2D eigenvalue weighted by atomic mass is 16.5. The van der Waals surface area contributed by atoms with Crippen LogP contribution in [0.4, 0.5) is 0 Å². The summed E-state index contributed by atoms with van der Waals surface area (Å²) in [6, 6.07) is 0.759. The van der Waals surface area contributed by atoms with E-state index in [9.17, 15) is 0 Å². The first-order valence-electron chi connectivity index (χ1n) is 6.19. The summed E-state index contributed by atoms with van der Waals surface area (Å²) in [6.45, 7) is 7.09. The fourth-order valence-corrected chi connectivity index (χ4v) is 2.43. The molecule has 1 aliphatic carbocycles. The number of rotatable bonds is 6. The summed E-state index contributed by atoms with van der Waals surface area (Å²) in [4.78, 5) is 0. The van der Waals surface area contributed by atoms with Gasteiger partial charge in [0.25, 0.3) is 0 Å². The smallest absolute Gasteiger partial charge is 0.0590 e. The van der Waals surface area contributed by atoms with Gasteiger partial charge in [0.15, 0.2) is 0 Å². The van der Waals surface area contributed by atoms with Crippen molar-refractivity contribution < 1.29 is 4.74 Å². The Bertz CT molecular complexity index is 138. The Kier molecular flexibility index (Phi) is 6.20. The van der Waals surface area contributed by atoms with E-state index in [4.69, 9.17) is 4.74 Å². The minimum absolute atomic E-state index is 0.759. The fraction of sp³-hybridized carbons (Fsp3) is 1.00. The fourth-order valence-electron chi connectivity index (χ4n) is 2.43. The van der Waals surface area contributed by atoms with Crippen LogP contribution >= 0.6 is 0 Å². The highest BCUT2D eigenvalue weighted by Crippen LogP contribution is 2.26. The van der Waals surface area contributed by atoms with Crippen molar-refractivity contribution in [1.29, 1.82) is 0 Å². The van der Waals surface area contributed by atoms with Gasteiger partial charge in [-0.25, -0.2) is 0 Å². The van der Waals surface area contributed by atoms with Crippen LogP contribution in [0.2, 0.25) is 0 Å². The standard InChI is InChI=1S/C12H25NO/c1-3-11-7-5-6-8-12(11)13-9-10-14-4-2/h11-13H,3-10H2,1-2H3. The zero-order valence-electron chi connectivity index (χ0n) is 9.72. The van der Waals surface area contributed by atoms with Gasteiger partial charge in [0.05, 0.1) is 6.61 Å². The molecular weight excluding hydrogens is 174 g/mol. The molecule has 84 valence electrons. The van der Waals surface area contributed by atoms with Gasteiger partial charge in [-0.3, -0.25) is 0 Å². The van der Waals surface area contributed by atoms with Gasteiger partial charge >= 0.3 is 0 Å². The molecule has 1 rings (SSSR count). The van der Waals surface area contributed by atoms with E-state index in [0.717, 1.165) is 31.7 Å². The normalized spacial score (nSPS) is 27.9. The number of ether oxygens (including phenoxy) is 1. The van der Waals surface area contributed by atoms with Crippen molar-refractivity contribution in [3.63, 3.8) is 0 Å². The molecule has 2 nitrogen and oxygen atoms in total. The molecule has 0 aliphatic heterocycles. The number of hydrogen-bond acceptors (Lipinski definition) is 2. The molecule has 0 heterocycles. The molecule has 0 bridgehead atoms. The van der Waals surface area contributed by atoms with E-state index in [-0.39, 0.29) is 0 Å². The lowest BCUT2D eigenvalue weighted by atomic mass is 9.83. The zero-order chi connectivity index (χ0) is 10.2. The van der Waals surface area contributed by atoms with E-state index in [0.29, 0.717) is 0 Å². The first-order valence-corrected chi connectivity index (χ1v) is 6.19. The molecule has 1 fully saturated rings. The summed E-state index contributed by atoms with van der Waals surface area (Å²) in [6.07, 6.45) is 6.95. The van der Waals surface area contributed by atoms with Crippen molar-refractivity contribution in [3.05, 3.63) is 0 Å². The van der Waals surface area contributed by atoms with E-state index in [2.05, 4.69) is 19.2 Å². The van der Waals surface area contributed by atoms with Crippen LogP contribution in [-0.4, -0.2) is 25.8 Å². The summed E-state index contributed by atoms with van der Waals surface area (Å²) >= 11 is 0. The topological polar surface area (TPSA) is 21.3 Å². The third kappa shape index (κ3) is 3.97. The van der Waals surface area contributed by atoms with Crippen LogP contribution in [0.1, 0.15) is 46.0 Å². The second kappa shape index (κ2) is 7.24. The van der Waals surface area contributed by atoms with Gasteiger partial charge in [-0.1, -0.05) is 26.2 Å². The SMILES string of the molecule is CCOCCNC1CCCCC1CC. The molecule has 1 saturated carbocycles. The minimum Gasteiger partial charge on any atom is -0.380 e. The van der Waals surface area contributed by atoms with Crippen molar-refractivity contribution >= 4 is 0 Å². The number of hydrogen-bond donors (Lipinski definition) is 1. The Morgan fingerprint density at radius 2 is 2.00 bits per heavy atom. The van der Waals surface area contributed by atoms with Crippen LogP contribution < -0.4 is 5.32 Å². The zero-order valence-corrected chi connectivity index (χ0v) is 9.72. The molecule has 0 aromatic carbocycles. The molecule has 2 atom stereocenters. The summed E-state index contributed by atoms with van der Waals surface area (Å²) in [5.41, 5.74) is 0. The van der Waals surface area contributed by atoms with Crippen molar-refractivity contribution in [3.8, 4) is 0 Å². The van der Waals surface area contributed by atoms with E-state index >= 15 is 0 Å². The van der Waals surface area contributed by atoms with Gasteiger partial charge in [-0.05, 0) is 25.7 Å². The van der Waals surface area contributed by atoms with Gasteiger partial charge in [0.1, 0.15) is 0 Å². The molecule has 0 aromatic rings. The lowest BCUT2D eigenvalue weighted by molar-refractivity contribution is 0.139. The molecule has 0 radical (unpaired) electrons. The number of nitrogens with one attached hydrogen (secondary N) is 1. The van der Waals surface area contributed by atoms with Crippen LogP contribution in [0.15, 0.2) is 0 Å². The highest BCUT2D eigenvalue weighted by Gasteiger charge is 2.22. The first kappa shape index (κ1) is 12.0. The predicted molar refractivity (Wildman–Crippen MR) is 60.5 cm³/mol. The molecule has 0 amide bonds. The maximum absolute atomic E-state index is 5.33. The quantitative estimate of drug-likeness (QED) is 0.664. The van der Waals surface area contributed by atoms with E-state index < -0.39 is 0 Å². The van der Waals surface area contributed by atoms with Gasteiger partial charge in [0, 0.05) is 19.2 Å². The summed E-state index contributed by atoms with van der Waals surface area (Å²) in [5.74, 6) is 0.908. The van der Waals surface area contributed by atoms with Crippen LogP contribution in [0.5, 0.6) is 0 Å². The van der Waals surface area contributed by atoms with E-state index in [1.165, 1.54) is 32.1 Å². The Labute approximate surface area is 88.4 Å². The molecular formula is C12H25NO. The Hall–Kier alpha value is -0.0800. The maximum atomic E-state index is 5.33. The molecule has 1 aliphatic rings. The lowest BCUT2D eigenvalue weighted by Gasteiger charge is -2.31. The third-order valence-electron chi connectivity index (χ3n) is 3.29. The average molecular weight is 199 g/mol. The Morgan fingerprint density at radius 1 is 1.21 bits per heavy atom. The maximum Gasteiger partial charge on any atom is 0.0590 e. The minimum atomic E-state index is 0.759. The van der Waals surface area contributed by atoms with Crippen LogP contribution in [0.3, 0.4) is 0 Å². The molecule has 1 N–H and O–H groups in total. The molecule has 0 saturated heterocycles. The Morgan fingerprint density at radius 3 is 2.71 bits per heavy atom. The van der Waals surface area contributed by atoms with Crippen LogP contribution in [0.25, 0.3) is 0 Å². The second-order valence-electron chi connectivity index (χ2n) is 4.21. The molecule has 0 aromatic heterocycles. The monoisotopic (exact) mass is 199 g/mol. The summed E-state index contributed by atoms with van der Waals surface area (Å²) in [5, 5.41) is 3.63. The van der Waals surface area contributed by atoms with Crippen molar-refractivity contribution in [2.24, 2.45) is 5.92 Å². The molecule has 2 heteroatoms. The van der Waals surface area contributed by atoms with E-state index in [1.807, 2.05) is 0 Å². The molecule has 0 spiro atoms. The molecule has 2 unspecified atom stereocenters. The second-order valence-corrected chi connectivity index (χ2v) is 4.21. The van der Waals surface area contributed by atoms with Crippen LogP contribution in [-0.2, 0) is 4.74 Å². The predicted octanol–water partition coefficient (Wildman–Crippen LogP) is 2.58. The van der Waals surface area contributed by atoms with Crippen molar-refractivity contribution in [2.45, 2.75) is 52.0 Å². The van der Waals surface area contributed by atoms with Gasteiger partial charge in [-0.2, -0.15) is 0 Å². The average Bonchev–Trinajstić information content (AvgIpc) is 2.25. The van der Waals surface area contributed by atoms with Crippen molar-refractivity contribution in [2.75, 3.05) is 19.8 Å². The molecule has 14 heavy (non-hydrogen) atoms. The first-order chi connectivity index (χ1) is 6.88. The van der Waals surface area contributed by atoms with Gasteiger partial charge < -0.3 is 10.1 Å². The highest BCUT2D eigenvalue weighted by molar-refractivity contribution is 4.79. The van der Waals surface area contributed by atoms with Gasteiger partial charge in [0.2, 0.25) is 0 Å². The lowest BCUT2D eigenvalue weighted by Crippen LogP contribution is -2.39. The van der Waals surface area contributed by atoms with Crippen LogP contribution in [0, 0.1) is 5.92 Å².